The summed E-state index contributed by atoms with van der Waals surface area (Å²) in [5.74, 6) is 1.64. The maximum atomic E-state index is 4.73. The van der Waals surface area contributed by atoms with Crippen molar-refractivity contribution < 1.29 is 0 Å². The number of benzene rings is 9. The third-order valence-corrected chi connectivity index (χ3v) is 12.0. The highest BCUT2D eigenvalue weighted by Crippen LogP contribution is 2.46. The van der Waals surface area contributed by atoms with Crippen LogP contribution in [-0.2, 0) is 0 Å². The van der Waals surface area contributed by atoms with Crippen molar-refractivity contribution in [2.75, 3.05) is 0 Å². The van der Waals surface area contributed by atoms with Crippen LogP contribution >= 0.6 is 11.3 Å². The van der Waals surface area contributed by atoms with Crippen LogP contribution in [-0.4, -0.2) is 14.8 Å². The van der Waals surface area contributed by atoms with E-state index in [0.717, 1.165) is 27.8 Å². The molecule has 0 spiro atoms. The quantitative estimate of drug-likeness (QED) is 0.159. The van der Waals surface area contributed by atoms with Crippen LogP contribution in [0, 0.1) is 0 Å². The third kappa shape index (κ3) is 5.42. The zero-order chi connectivity index (χ0) is 37.0. The molecule has 11 aromatic rings. The second-order valence-corrected chi connectivity index (χ2v) is 15.3. The topological polar surface area (TPSA) is 30.7 Å². The lowest BCUT2D eigenvalue weighted by Gasteiger charge is -2.19. The molecule has 0 amide bonds. The lowest BCUT2D eigenvalue weighted by Crippen LogP contribution is -1.98. The standard InChI is InChI=1S/C52H33N3S/c1-3-15-36(16-4-1)51-53-54-52(37-17-5-2-6-18-37)55(51)48-30-29-47(56-48)40-27-28-45-46(33-40)50(42-26-24-35-14-8-10-20-39(35)32-42)44-22-12-11-21-43(44)49(45)41-25-23-34-13-7-9-19-38(34)31-41/h1-33H. The third-order valence-electron chi connectivity index (χ3n) is 10.9. The molecule has 11 rings (SSSR count). The fourth-order valence-electron chi connectivity index (χ4n) is 8.29. The molecule has 4 heteroatoms. The van der Waals surface area contributed by atoms with Gasteiger partial charge in [-0.1, -0.05) is 170 Å². The Hall–Kier alpha value is -7.14. The number of hydrogen-bond acceptors (Lipinski definition) is 3. The van der Waals surface area contributed by atoms with E-state index in [1.54, 1.807) is 11.3 Å². The van der Waals surface area contributed by atoms with E-state index in [4.69, 9.17) is 10.2 Å². The summed E-state index contributed by atoms with van der Waals surface area (Å²) in [5, 5.41) is 20.4. The Morgan fingerprint density at radius 3 is 1.36 bits per heavy atom. The summed E-state index contributed by atoms with van der Waals surface area (Å²) in [5.41, 5.74) is 8.16. The highest BCUT2D eigenvalue weighted by Gasteiger charge is 2.21. The molecule has 2 heterocycles. The first-order valence-electron chi connectivity index (χ1n) is 18.9. The lowest BCUT2D eigenvalue weighted by atomic mass is 9.84. The number of thiophene rings is 1. The molecule has 0 saturated heterocycles. The fraction of sp³-hybridized carbons (Fsp3) is 0. The molecule has 0 aliphatic carbocycles. The average molecular weight is 732 g/mol. The first-order chi connectivity index (χ1) is 27.8. The summed E-state index contributed by atoms with van der Waals surface area (Å²) in [4.78, 5) is 1.18. The van der Waals surface area contributed by atoms with E-state index in [1.807, 2.05) is 12.1 Å². The summed E-state index contributed by atoms with van der Waals surface area (Å²) in [6, 6.07) is 72.1. The van der Waals surface area contributed by atoms with Gasteiger partial charge in [0.25, 0.3) is 0 Å². The molecule has 262 valence electrons. The fourth-order valence-corrected chi connectivity index (χ4v) is 9.29. The highest BCUT2D eigenvalue weighted by atomic mass is 32.1. The molecule has 2 aromatic heterocycles. The van der Waals surface area contributed by atoms with E-state index in [1.165, 1.54) is 75.8 Å². The van der Waals surface area contributed by atoms with Gasteiger partial charge in [0.2, 0.25) is 0 Å². The van der Waals surface area contributed by atoms with E-state index >= 15 is 0 Å². The smallest absolute Gasteiger partial charge is 0.169 e. The molecule has 0 saturated carbocycles. The first-order valence-corrected chi connectivity index (χ1v) is 19.7. The van der Waals surface area contributed by atoms with Crippen LogP contribution in [0.3, 0.4) is 0 Å². The number of fused-ring (bicyclic) bond motifs is 4. The lowest BCUT2D eigenvalue weighted by molar-refractivity contribution is 1.10. The maximum absolute atomic E-state index is 4.73. The molecule has 0 unspecified atom stereocenters. The Kier molecular flexibility index (Phi) is 7.68. The van der Waals surface area contributed by atoms with Gasteiger partial charge in [-0.05, 0) is 101 Å². The molecular formula is C52H33N3S. The van der Waals surface area contributed by atoms with Crippen LogP contribution in [0.1, 0.15) is 0 Å². The zero-order valence-corrected chi connectivity index (χ0v) is 31.1. The van der Waals surface area contributed by atoms with Gasteiger partial charge in [0.15, 0.2) is 11.6 Å². The Morgan fingerprint density at radius 2 is 0.786 bits per heavy atom. The number of rotatable bonds is 6. The second-order valence-electron chi connectivity index (χ2n) is 14.2. The van der Waals surface area contributed by atoms with Gasteiger partial charge in [-0.15, -0.1) is 21.5 Å². The summed E-state index contributed by atoms with van der Waals surface area (Å²) >= 11 is 1.76. The average Bonchev–Trinajstić information content (AvgIpc) is 3.94. The molecule has 0 radical (unpaired) electrons. The van der Waals surface area contributed by atoms with Crippen molar-refractivity contribution in [1.29, 1.82) is 0 Å². The molecule has 56 heavy (non-hydrogen) atoms. The van der Waals surface area contributed by atoms with E-state index in [0.29, 0.717) is 0 Å². The number of hydrogen-bond donors (Lipinski definition) is 0. The Bertz CT molecular complexity index is 3190. The monoisotopic (exact) mass is 731 g/mol. The molecule has 0 aliphatic heterocycles. The summed E-state index contributed by atoms with van der Waals surface area (Å²) in [6.07, 6.45) is 0. The Morgan fingerprint density at radius 1 is 0.321 bits per heavy atom. The first kappa shape index (κ1) is 32.3. The molecule has 0 atom stereocenters. The van der Waals surface area contributed by atoms with E-state index in [2.05, 4.69) is 193 Å². The SMILES string of the molecule is c1ccc(-c2nnc(-c3ccccc3)n2-c2ccc(-c3ccc4c(-c5ccc6ccccc6c5)c5ccccc5c(-c5ccc6ccccc6c5)c4c3)s2)cc1. The Labute approximate surface area is 328 Å². The van der Waals surface area contributed by atoms with Crippen LogP contribution in [0.4, 0.5) is 0 Å². The number of nitrogens with zero attached hydrogens (tertiary/aromatic N) is 3. The van der Waals surface area contributed by atoms with Crippen molar-refractivity contribution in [3.05, 3.63) is 200 Å². The van der Waals surface area contributed by atoms with Crippen molar-refractivity contribution in [3.8, 4) is 60.5 Å². The van der Waals surface area contributed by atoms with Crippen LogP contribution in [0.25, 0.3) is 104 Å². The van der Waals surface area contributed by atoms with E-state index in [9.17, 15) is 0 Å². The van der Waals surface area contributed by atoms with E-state index < -0.39 is 0 Å². The van der Waals surface area contributed by atoms with Gasteiger partial charge in [-0.25, -0.2) is 0 Å². The largest absolute Gasteiger partial charge is 0.266 e. The molecular weight excluding hydrogens is 699 g/mol. The molecule has 3 nitrogen and oxygen atoms in total. The highest BCUT2D eigenvalue weighted by molar-refractivity contribution is 7.18. The summed E-state index contributed by atoms with van der Waals surface area (Å²) in [7, 11) is 0. The minimum Gasteiger partial charge on any atom is -0.266 e. The van der Waals surface area contributed by atoms with Gasteiger partial charge in [0.1, 0.15) is 5.00 Å². The predicted molar refractivity (Wildman–Crippen MR) is 236 cm³/mol. The van der Waals surface area contributed by atoms with Gasteiger partial charge >= 0.3 is 0 Å². The molecule has 0 aliphatic rings. The van der Waals surface area contributed by atoms with Crippen molar-refractivity contribution >= 4 is 54.4 Å². The van der Waals surface area contributed by atoms with Crippen LogP contribution < -0.4 is 0 Å². The normalized spacial score (nSPS) is 11.6. The van der Waals surface area contributed by atoms with Gasteiger partial charge < -0.3 is 0 Å². The maximum Gasteiger partial charge on any atom is 0.169 e. The predicted octanol–water partition coefficient (Wildman–Crippen LogP) is 14.3. The van der Waals surface area contributed by atoms with Gasteiger partial charge in [0, 0.05) is 16.0 Å². The van der Waals surface area contributed by atoms with Crippen LogP contribution in [0.15, 0.2) is 200 Å². The molecule has 9 aromatic carbocycles. The zero-order valence-electron chi connectivity index (χ0n) is 30.3. The number of aromatic nitrogens is 3. The Balaban J connectivity index is 1.15. The second kappa shape index (κ2) is 13.3. The van der Waals surface area contributed by atoms with Crippen LogP contribution in [0.5, 0.6) is 0 Å². The van der Waals surface area contributed by atoms with Crippen LogP contribution in [0.2, 0.25) is 0 Å². The van der Waals surface area contributed by atoms with Crippen molar-refractivity contribution in [3.63, 3.8) is 0 Å². The van der Waals surface area contributed by atoms with Gasteiger partial charge in [0.05, 0.1) is 0 Å². The van der Waals surface area contributed by atoms with Gasteiger partial charge in [-0.2, -0.15) is 0 Å². The van der Waals surface area contributed by atoms with Crippen molar-refractivity contribution in [2.45, 2.75) is 0 Å². The summed E-state index contributed by atoms with van der Waals surface area (Å²) < 4.78 is 2.20. The molecule has 0 fully saturated rings. The van der Waals surface area contributed by atoms with Crippen molar-refractivity contribution in [1.82, 2.24) is 14.8 Å². The van der Waals surface area contributed by atoms with E-state index in [-0.39, 0.29) is 0 Å². The molecule has 0 bridgehead atoms. The van der Waals surface area contributed by atoms with Gasteiger partial charge in [-0.3, -0.25) is 4.57 Å². The minimum atomic E-state index is 0.821. The van der Waals surface area contributed by atoms with Crippen molar-refractivity contribution in [2.24, 2.45) is 0 Å². The molecule has 0 N–H and O–H groups in total. The minimum absolute atomic E-state index is 0.821. The summed E-state index contributed by atoms with van der Waals surface area (Å²) in [6.45, 7) is 0.